The van der Waals surface area contributed by atoms with Crippen LogP contribution >= 0.6 is 24.8 Å². The molecule has 0 unspecified atom stereocenters. The lowest BCUT2D eigenvalue weighted by atomic mass is 9.95. The molecule has 80 valence electrons. The maximum absolute atomic E-state index is 3.99. The Morgan fingerprint density at radius 3 is 2.36 bits per heavy atom. The predicted molar refractivity (Wildman–Crippen MR) is 63.4 cm³/mol. The van der Waals surface area contributed by atoms with Crippen LogP contribution in [0.5, 0.6) is 0 Å². The molecule has 2 rings (SSSR count). The third-order valence-corrected chi connectivity index (χ3v) is 2.46. The van der Waals surface area contributed by atoms with E-state index in [-0.39, 0.29) is 24.8 Å². The number of hydrogen-bond acceptors (Lipinski definition) is 2. The summed E-state index contributed by atoms with van der Waals surface area (Å²) in [6.07, 6.45) is 6.26. The molecule has 0 amide bonds. The summed E-state index contributed by atoms with van der Waals surface area (Å²) in [6.45, 7) is 2.43. The van der Waals surface area contributed by atoms with Crippen molar-refractivity contribution in [2.75, 3.05) is 13.1 Å². The van der Waals surface area contributed by atoms with E-state index in [1.54, 1.807) is 0 Å². The second-order valence-electron chi connectivity index (χ2n) is 3.42. The number of nitrogens with zero attached hydrogens (tertiary/aromatic N) is 1. The van der Waals surface area contributed by atoms with Crippen LogP contribution in [0.1, 0.15) is 12.0 Å². The minimum Gasteiger partial charge on any atom is -0.316 e. The van der Waals surface area contributed by atoms with Crippen molar-refractivity contribution in [1.82, 2.24) is 10.3 Å². The standard InChI is InChI=1S/C10H14N2.2ClH/c1(2-10-7-12-8-10)9-3-5-11-6-4-9;;/h3-6,10,12H,1-2,7-8H2;2*1H. The van der Waals surface area contributed by atoms with Gasteiger partial charge >= 0.3 is 0 Å². The molecule has 0 saturated carbocycles. The van der Waals surface area contributed by atoms with Crippen LogP contribution in [0, 0.1) is 5.92 Å². The van der Waals surface area contributed by atoms with Crippen molar-refractivity contribution in [3.8, 4) is 0 Å². The van der Waals surface area contributed by atoms with Crippen molar-refractivity contribution >= 4 is 24.8 Å². The van der Waals surface area contributed by atoms with Gasteiger partial charge in [0, 0.05) is 12.4 Å². The zero-order valence-corrected chi connectivity index (χ0v) is 9.61. The van der Waals surface area contributed by atoms with E-state index in [2.05, 4.69) is 22.4 Å². The minimum atomic E-state index is 0. The summed E-state index contributed by atoms with van der Waals surface area (Å²) in [5.41, 5.74) is 1.41. The third kappa shape index (κ3) is 3.82. The van der Waals surface area contributed by atoms with Crippen molar-refractivity contribution in [2.45, 2.75) is 12.8 Å². The molecule has 0 atom stereocenters. The Hall–Kier alpha value is -0.310. The maximum Gasteiger partial charge on any atom is 0.0270 e. The van der Waals surface area contributed by atoms with Gasteiger partial charge in [-0.15, -0.1) is 24.8 Å². The van der Waals surface area contributed by atoms with Gasteiger partial charge in [0.1, 0.15) is 0 Å². The van der Waals surface area contributed by atoms with Gasteiger partial charge in [0.05, 0.1) is 0 Å². The van der Waals surface area contributed by atoms with E-state index in [0.29, 0.717) is 0 Å². The lowest BCUT2D eigenvalue weighted by molar-refractivity contribution is 0.328. The van der Waals surface area contributed by atoms with E-state index in [4.69, 9.17) is 0 Å². The molecule has 0 spiro atoms. The number of halogens is 2. The normalized spacial score (nSPS) is 14.9. The first-order chi connectivity index (χ1) is 5.95. The van der Waals surface area contributed by atoms with E-state index < -0.39 is 0 Å². The number of aryl methyl sites for hydroxylation is 1. The Morgan fingerprint density at radius 1 is 1.21 bits per heavy atom. The van der Waals surface area contributed by atoms with E-state index >= 15 is 0 Å². The highest BCUT2D eigenvalue weighted by molar-refractivity contribution is 5.85. The van der Waals surface area contributed by atoms with Crippen molar-refractivity contribution in [1.29, 1.82) is 0 Å². The average Bonchev–Trinajstić information content (AvgIpc) is 2.04. The van der Waals surface area contributed by atoms with Gasteiger partial charge in [0.25, 0.3) is 0 Å². The summed E-state index contributed by atoms with van der Waals surface area (Å²) in [5, 5.41) is 3.29. The highest BCUT2D eigenvalue weighted by Crippen LogP contribution is 2.12. The molecule has 1 aliphatic heterocycles. The summed E-state index contributed by atoms with van der Waals surface area (Å²) < 4.78 is 0. The van der Waals surface area contributed by atoms with Crippen LogP contribution in [-0.4, -0.2) is 18.1 Å². The highest BCUT2D eigenvalue weighted by atomic mass is 35.5. The molecule has 2 heterocycles. The first kappa shape index (κ1) is 13.7. The Labute approximate surface area is 97.3 Å². The van der Waals surface area contributed by atoms with E-state index in [0.717, 1.165) is 5.92 Å². The quantitative estimate of drug-likeness (QED) is 0.867. The Morgan fingerprint density at radius 2 is 1.86 bits per heavy atom. The predicted octanol–water partition coefficient (Wildman–Crippen LogP) is 2.08. The van der Waals surface area contributed by atoms with E-state index in [9.17, 15) is 0 Å². The van der Waals surface area contributed by atoms with Gasteiger partial charge in [-0.1, -0.05) is 0 Å². The maximum atomic E-state index is 3.99. The Balaban J connectivity index is 0.000000845. The van der Waals surface area contributed by atoms with Crippen LogP contribution < -0.4 is 5.32 Å². The number of rotatable bonds is 3. The smallest absolute Gasteiger partial charge is 0.0270 e. The van der Waals surface area contributed by atoms with Crippen LogP contribution in [0.2, 0.25) is 0 Å². The zero-order valence-electron chi connectivity index (χ0n) is 7.98. The molecule has 1 saturated heterocycles. The van der Waals surface area contributed by atoms with Crippen LogP contribution in [0.15, 0.2) is 24.5 Å². The van der Waals surface area contributed by atoms with Crippen molar-refractivity contribution in [2.24, 2.45) is 5.92 Å². The second-order valence-corrected chi connectivity index (χ2v) is 3.42. The number of aromatic nitrogens is 1. The molecule has 0 radical (unpaired) electrons. The van der Waals surface area contributed by atoms with Gasteiger partial charge in [-0.05, 0) is 49.5 Å². The van der Waals surface area contributed by atoms with Crippen LogP contribution in [0.3, 0.4) is 0 Å². The molecule has 1 N–H and O–H groups in total. The molecule has 1 fully saturated rings. The Bertz CT molecular complexity index is 237. The zero-order chi connectivity index (χ0) is 8.23. The molecule has 0 aliphatic carbocycles. The van der Waals surface area contributed by atoms with Gasteiger partial charge in [0.2, 0.25) is 0 Å². The minimum absolute atomic E-state index is 0. The molecule has 1 aliphatic rings. The lowest BCUT2D eigenvalue weighted by Crippen LogP contribution is -2.42. The number of hydrogen-bond donors (Lipinski definition) is 1. The van der Waals surface area contributed by atoms with Crippen LogP contribution in [0.25, 0.3) is 0 Å². The molecular weight excluding hydrogens is 219 g/mol. The van der Waals surface area contributed by atoms with E-state index in [1.807, 2.05) is 12.4 Å². The van der Waals surface area contributed by atoms with Crippen molar-refractivity contribution in [3.05, 3.63) is 30.1 Å². The Kier molecular flexibility index (Phi) is 6.89. The first-order valence-electron chi connectivity index (χ1n) is 4.55. The highest BCUT2D eigenvalue weighted by Gasteiger charge is 2.15. The fourth-order valence-corrected chi connectivity index (χ4v) is 1.47. The van der Waals surface area contributed by atoms with Crippen LogP contribution in [-0.2, 0) is 6.42 Å². The molecule has 4 heteroatoms. The van der Waals surface area contributed by atoms with Gasteiger partial charge in [-0.3, -0.25) is 4.98 Å². The monoisotopic (exact) mass is 234 g/mol. The largest absolute Gasteiger partial charge is 0.316 e. The average molecular weight is 235 g/mol. The molecule has 1 aromatic rings. The summed E-state index contributed by atoms with van der Waals surface area (Å²) >= 11 is 0. The molecule has 14 heavy (non-hydrogen) atoms. The lowest BCUT2D eigenvalue weighted by Gasteiger charge is -2.26. The molecule has 0 aromatic carbocycles. The first-order valence-corrected chi connectivity index (χ1v) is 4.55. The van der Waals surface area contributed by atoms with Crippen molar-refractivity contribution < 1.29 is 0 Å². The molecule has 0 bridgehead atoms. The molecular formula is C10H16Cl2N2. The van der Waals surface area contributed by atoms with Crippen LogP contribution in [0.4, 0.5) is 0 Å². The second kappa shape index (κ2) is 7.04. The van der Waals surface area contributed by atoms with E-state index in [1.165, 1.54) is 31.5 Å². The third-order valence-electron chi connectivity index (χ3n) is 2.46. The summed E-state index contributed by atoms with van der Waals surface area (Å²) in [7, 11) is 0. The fourth-order valence-electron chi connectivity index (χ4n) is 1.47. The number of pyridine rings is 1. The SMILES string of the molecule is Cl.Cl.c1cc(CCC2CNC2)ccn1. The van der Waals surface area contributed by atoms with Gasteiger partial charge in [0.15, 0.2) is 0 Å². The molecule has 1 aromatic heterocycles. The summed E-state index contributed by atoms with van der Waals surface area (Å²) in [6, 6.07) is 4.21. The summed E-state index contributed by atoms with van der Waals surface area (Å²) in [4.78, 5) is 3.99. The topological polar surface area (TPSA) is 24.9 Å². The molecule has 2 nitrogen and oxygen atoms in total. The summed E-state index contributed by atoms with van der Waals surface area (Å²) in [5.74, 6) is 0.915. The van der Waals surface area contributed by atoms with Gasteiger partial charge < -0.3 is 5.32 Å². The van der Waals surface area contributed by atoms with Gasteiger partial charge in [-0.2, -0.15) is 0 Å². The number of nitrogens with one attached hydrogen (secondary N) is 1. The van der Waals surface area contributed by atoms with Crippen molar-refractivity contribution in [3.63, 3.8) is 0 Å². The van der Waals surface area contributed by atoms with Gasteiger partial charge in [-0.25, -0.2) is 0 Å². The fraction of sp³-hybridized carbons (Fsp3) is 0.500.